The van der Waals surface area contributed by atoms with E-state index in [1.54, 1.807) is 0 Å². The molecule has 0 amide bonds. The van der Waals surface area contributed by atoms with Crippen LogP contribution in [0, 0.1) is 13.8 Å². The second-order valence-electron chi connectivity index (χ2n) is 6.12. The Kier molecular flexibility index (Phi) is 4.94. The summed E-state index contributed by atoms with van der Waals surface area (Å²) in [5, 5.41) is 7.87. The fraction of sp³-hybridized carbons (Fsp3) is 0.300. The Balaban J connectivity index is 1.57. The van der Waals surface area contributed by atoms with E-state index in [1.807, 2.05) is 30.9 Å². The zero-order chi connectivity index (χ0) is 16.9. The molecule has 1 N–H and O–H groups in total. The molecule has 124 valence electrons. The Morgan fingerprint density at radius 1 is 1.04 bits per heavy atom. The first-order valence-electron chi connectivity index (χ1n) is 8.39. The molecular formula is C20H24N4. The van der Waals surface area contributed by atoms with Gasteiger partial charge in [0.2, 0.25) is 0 Å². The van der Waals surface area contributed by atoms with Crippen molar-refractivity contribution in [2.24, 2.45) is 7.05 Å². The van der Waals surface area contributed by atoms with Gasteiger partial charge in [-0.05, 0) is 44.4 Å². The maximum atomic E-state index is 4.54. The molecule has 3 rings (SSSR count). The Morgan fingerprint density at radius 3 is 2.46 bits per heavy atom. The molecule has 0 aliphatic carbocycles. The quantitative estimate of drug-likeness (QED) is 0.694. The average Bonchev–Trinajstić information content (AvgIpc) is 2.86. The van der Waals surface area contributed by atoms with Crippen molar-refractivity contribution in [3.8, 4) is 11.1 Å². The minimum Gasteiger partial charge on any atom is -0.370 e. The zero-order valence-electron chi connectivity index (χ0n) is 14.6. The number of nitrogens with one attached hydrogen (secondary N) is 1. The summed E-state index contributed by atoms with van der Waals surface area (Å²) in [4.78, 5) is 4.54. The molecule has 0 saturated heterocycles. The normalized spacial score (nSPS) is 10.8. The van der Waals surface area contributed by atoms with Gasteiger partial charge in [0.05, 0.1) is 5.69 Å². The molecule has 3 aromatic rings. The summed E-state index contributed by atoms with van der Waals surface area (Å²) < 4.78 is 1.92. The summed E-state index contributed by atoms with van der Waals surface area (Å²) in [6, 6.07) is 14.7. The van der Waals surface area contributed by atoms with Gasteiger partial charge in [-0.25, -0.2) is 4.98 Å². The fourth-order valence-electron chi connectivity index (χ4n) is 2.99. The van der Waals surface area contributed by atoms with Crippen LogP contribution in [-0.4, -0.2) is 21.3 Å². The van der Waals surface area contributed by atoms with Crippen molar-refractivity contribution in [2.75, 3.05) is 11.9 Å². The molecule has 24 heavy (non-hydrogen) atoms. The van der Waals surface area contributed by atoms with Gasteiger partial charge in [-0.1, -0.05) is 30.3 Å². The van der Waals surface area contributed by atoms with Crippen LogP contribution in [0.4, 0.5) is 5.82 Å². The molecule has 1 aromatic carbocycles. The van der Waals surface area contributed by atoms with Crippen LogP contribution in [-0.2, 0) is 13.5 Å². The summed E-state index contributed by atoms with van der Waals surface area (Å²) >= 11 is 0. The molecule has 0 radical (unpaired) electrons. The van der Waals surface area contributed by atoms with E-state index in [0.29, 0.717) is 0 Å². The molecule has 2 heterocycles. The minimum absolute atomic E-state index is 0.922. The van der Waals surface area contributed by atoms with Crippen LogP contribution in [0.25, 0.3) is 11.1 Å². The molecule has 0 saturated carbocycles. The molecule has 0 unspecified atom stereocenters. The first-order valence-corrected chi connectivity index (χ1v) is 8.39. The topological polar surface area (TPSA) is 42.7 Å². The van der Waals surface area contributed by atoms with Gasteiger partial charge in [0.15, 0.2) is 0 Å². The number of nitrogens with zero attached hydrogens (tertiary/aromatic N) is 3. The van der Waals surface area contributed by atoms with E-state index in [0.717, 1.165) is 42.2 Å². The SMILES string of the molecule is Cc1nn(C)c(C)c1-c1ccc(NCCCc2ccccc2)nc1. The van der Waals surface area contributed by atoms with Crippen molar-refractivity contribution >= 4 is 5.82 Å². The highest BCUT2D eigenvalue weighted by atomic mass is 15.3. The minimum atomic E-state index is 0.922. The number of rotatable bonds is 6. The summed E-state index contributed by atoms with van der Waals surface area (Å²) in [6.45, 7) is 5.05. The van der Waals surface area contributed by atoms with Crippen LogP contribution in [0.1, 0.15) is 23.4 Å². The number of benzene rings is 1. The van der Waals surface area contributed by atoms with Gasteiger partial charge in [0.1, 0.15) is 5.82 Å². The monoisotopic (exact) mass is 320 g/mol. The number of hydrogen-bond donors (Lipinski definition) is 1. The van der Waals surface area contributed by atoms with Crippen LogP contribution in [0.15, 0.2) is 48.7 Å². The lowest BCUT2D eigenvalue weighted by atomic mass is 10.1. The van der Waals surface area contributed by atoms with E-state index >= 15 is 0 Å². The van der Waals surface area contributed by atoms with E-state index in [-0.39, 0.29) is 0 Å². The molecule has 0 aliphatic heterocycles. The molecule has 2 aromatic heterocycles. The van der Waals surface area contributed by atoms with E-state index in [4.69, 9.17) is 0 Å². The van der Waals surface area contributed by atoms with Crippen molar-refractivity contribution in [3.63, 3.8) is 0 Å². The second-order valence-corrected chi connectivity index (χ2v) is 6.12. The Bertz CT molecular complexity index is 789. The molecule has 4 heteroatoms. The molecule has 0 bridgehead atoms. The zero-order valence-corrected chi connectivity index (χ0v) is 14.6. The van der Waals surface area contributed by atoms with Gasteiger partial charge >= 0.3 is 0 Å². The van der Waals surface area contributed by atoms with Crippen LogP contribution in [0.5, 0.6) is 0 Å². The van der Waals surface area contributed by atoms with Crippen LogP contribution < -0.4 is 5.32 Å². The molecule has 0 atom stereocenters. The van der Waals surface area contributed by atoms with Crippen molar-refractivity contribution in [2.45, 2.75) is 26.7 Å². The molecule has 0 aliphatic rings. The first-order chi connectivity index (χ1) is 11.6. The molecule has 0 fully saturated rings. The predicted octanol–water partition coefficient (Wildman–Crippen LogP) is 4.14. The first kappa shape index (κ1) is 16.2. The second kappa shape index (κ2) is 7.30. The Hall–Kier alpha value is -2.62. The highest BCUT2D eigenvalue weighted by Crippen LogP contribution is 2.26. The number of anilines is 1. The smallest absolute Gasteiger partial charge is 0.125 e. The van der Waals surface area contributed by atoms with Gasteiger partial charge in [0.25, 0.3) is 0 Å². The fourth-order valence-corrected chi connectivity index (χ4v) is 2.99. The van der Waals surface area contributed by atoms with Crippen molar-refractivity contribution in [1.82, 2.24) is 14.8 Å². The Labute approximate surface area is 143 Å². The van der Waals surface area contributed by atoms with Crippen molar-refractivity contribution in [1.29, 1.82) is 0 Å². The summed E-state index contributed by atoms with van der Waals surface area (Å²) in [7, 11) is 1.97. The third-order valence-electron chi connectivity index (χ3n) is 4.35. The standard InChI is InChI=1S/C20H24N4/c1-15-20(16(2)24(3)23-15)18-11-12-19(22-14-18)21-13-7-10-17-8-5-4-6-9-17/h4-6,8-9,11-12,14H,7,10,13H2,1-3H3,(H,21,22). The highest BCUT2D eigenvalue weighted by molar-refractivity contribution is 5.68. The summed E-state index contributed by atoms with van der Waals surface area (Å²) in [5.74, 6) is 0.922. The van der Waals surface area contributed by atoms with Crippen LogP contribution in [0.2, 0.25) is 0 Å². The molecular weight excluding hydrogens is 296 g/mol. The number of hydrogen-bond acceptors (Lipinski definition) is 3. The van der Waals surface area contributed by atoms with Crippen LogP contribution in [0.3, 0.4) is 0 Å². The summed E-state index contributed by atoms with van der Waals surface area (Å²) in [6.07, 6.45) is 4.10. The number of aromatic nitrogens is 3. The molecule has 4 nitrogen and oxygen atoms in total. The lowest BCUT2D eigenvalue weighted by Gasteiger charge is -2.07. The molecule has 0 spiro atoms. The lowest BCUT2D eigenvalue weighted by molar-refractivity contribution is 0.731. The number of pyridine rings is 1. The van der Waals surface area contributed by atoms with Gasteiger partial charge in [0, 0.05) is 36.6 Å². The predicted molar refractivity (Wildman–Crippen MR) is 99.2 cm³/mol. The van der Waals surface area contributed by atoms with Gasteiger partial charge < -0.3 is 5.32 Å². The van der Waals surface area contributed by atoms with Crippen LogP contribution >= 0.6 is 0 Å². The Morgan fingerprint density at radius 2 is 1.83 bits per heavy atom. The third kappa shape index (κ3) is 3.65. The average molecular weight is 320 g/mol. The van der Waals surface area contributed by atoms with E-state index < -0.39 is 0 Å². The van der Waals surface area contributed by atoms with Crippen molar-refractivity contribution < 1.29 is 0 Å². The lowest BCUT2D eigenvalue weighted by Crippen LogP contribution is -2.04. The van der Waals surface area contributed by atoms with E-state index in [1.165, 1.54) is 11.1 Å². The maximum Gasteiger partial charge on any atom is 0.125 e. The van der Waals surface area contributed by atoms with Gasteiger partial charge in [-0.15, -0.1) is 0 Å². The van der Waals surface area contributed by atoms with Gasteiger partial charge in [-0.2, -0.15) is 5.10 Å². The largest absolute Gasteiger partial charge is 0.370 e. The number of aryl methyl sites for hydroxylation is 3. The highest BCUT2D eigenvalue weighted by Gasteiger charge is 2.11. The summed E-state index contributed by atoms with van der Waals surface area (Å²) in [5.41, 5.74) is 5.89. The third-order valence-corrected chi connectivity index (χ3v) is 4.35. The maximum absolute atomic E-state index is 4.54. The van der Waals surface area contributed by atoms with E-state index in [9.17, 15) is 0 Å². The van der Waals surface area contributed by atoms with E-state index in [2.05, 4.69) is 58.7 Å². The van der Waals surface area contributed by atoms with Gasteiger partial charge in [-0.3, -0.25) is 4.68 Å². The van der Waals surface area contributed by atoms with Crippen molar-refractivity contribution in [3.05, 3.63) is 65.6 Å².